The van der Waals surface area contributed by atoms with Gasteiger partial charge in [-0.3, -0.25) is 4.79 Å². The van der Waals surface area contributed by atoms with Gasteiger partial charge in [0.05, 0.1) is 24.4 Å². The average molecular weight is 456 g/mol. The van der Waals surface area contributed by atoms with Crippen LogP contribution in [0, 0.1) is 0 Å². The zero-order valence-corrected chi connectivity index (χ0v) is 17.3. The molecule has 0 fully saturated rings. The minimum atomic E-state index is -0.323. The molecule has 0 aliphatic rings. The van der Waals surface area contributed by atoms with Crippen LogP contribution in [0.2, 0.25) is 5.02 Å². The Hall–Kier alpha value is -2.25. The van der Waals surface area contributed by atoms with Gasteiger partial charge in [0.25, 0.3) is 5.91 Å². The van der Waals surface area contributed by atoms with Gasteiger partial charge in [-0.15, -0.1) is 0 Å². The third-order valence-electron chi connectivity index (χ3n) is 3.30. The summed E-state index contributed by atoms with van der Waals surface area (Å²) in [5.41, 5.74) is 1.37. The number of carbonyl (C=O) groups is 1. The van der Waals surface area contributed by atoms with E-state index in [-0.39, 0.29) is 12.5 Å². The van der Waals surface area contributed by atoms with Crippen LogP contribution in [0.4, 0.5) is 5.69 Å². The fraction of sp³-hybridized carbons (Fsp3) is 0.263. The lowest BCUT2D eigenvalue weighted by Crippen LogP contribution is -2.16. The van der Waals surface area contributed by atoms with Gasteiger partial charge in [0, 0.05) is 16.3 Å². The molecule has 0 saturated carbocycles. The van der Waals surface area contributed by atoms with Crippen molar-refractivity contribution in [2.24, 2.45) is 5.16 Å². The number of amides is 1. The topological polar surface area (TPSA) is 69.2 Å². The highest BCUT2D eigenvalue weighted by molar-refractivity contribution is 9.10. The molecular weight excluding hydrogens is 436 g/mol. The molecule has 0 radical (unpaired) electrons. The number of hydrogen-bond acceptors (Lipinski definition) is 5. The quantitative estimate of drug-likeness (QED) is 0.432. The van der Waals surface area contributed by atoms with Crippen LogP contribution in [-0.2, 0) is 9.63 Å². The van der Waals surface area contributed by atoms with E-state index < -0.39 is 0 Å². The first-order chi connectivity index (χ1) is 13.0. The van der Waals surface area contributed by atoms with Gasteiger partial charge < -0.3 is 19.6 Å². The van der Waals surface area contributed by atoms with Gasteiger partial charge in [0.1, 0.15) is 0 Å². The minimum absolute atomic E-state index is 0.213. The second-order valence-corrected chi connectivity index (χ2v) is 6.74. The Balaban J connectivity index is 1.90. The summed E-state index contributed by atoms with van der Waals surface area (Å²) in [5.74, 6) is 0.899. The second-order valence-electron chi connectivity index (χ2n) is 5.45. The van der Waals surface area contributed by atoms with Gasteiger partial charge in [-0.2, -0.15) is 0 Å². The summed E-state index contributed by atoms with van der Waals surface area (Å²) < 4.78 is 11.8. The normalized spacial score (nSPS) is 10.7. The lowest BCUT2D eigenvalue weighted by atomic mass is 10.2. The first-order valence-electron chi connectivity index (χ1n) is 8.24. The summed E-state index contributed by atoms with van der Waals surface area (Å²) in [6, 6.07) is 10.4. The van der Waals surface area contributed by atoms with Crippen LogP contribution in [0.1, 0.15) is 18.9 Å². The van der Waals surface area contributed by atoms with Crippen molar-refractivity contribution in [3.8, 4) is 11.5 Å². The average Bonchev–Trinajstić information content (AvgIpc) is 2.66. The Morgan fingerprint density at radius 3 is 2.70 bits per heavy atom. The number of nitrogens with one attached hydrogen (secondary N) is 1. The Labute approximate surface area is 171 Å². The lowest BCUT2D eigenvalue weighted by Gasteiger charge is -2.12. The molecule has 0 aromatic heterocycles. The molecule has 144 valence electrons. The second kappa shape index (κ2) is 10.8. The van der Waals surface area contributed by atoms with Crippen LogP contribution in [0.3, 0.4) is 0 Å². The molecule has 8 heteroatoms. The zero-order chi connectivity index (χ0) is 19.6. The zero-order valence-electron chi connectivity index (χ0n) is 15.0. The molecule has 2 rings (SSSR count). The van der Waals surface area contributed by atoms with Crippen LogP contribution >= 0.6 is 27.5 Å². The van der Waals surface area contributed by atoms with E-state index in [1.807, 2.05) is 13.0 Å². The number of carbonyl (C=O) groups excluding carboxylic acids is 1. The highest BCUT2D eigenvalue weighted by atomic mass is 79.9. The molecule has 2 aromatic carbocycles. The summed E-state index contributed by atoms with van der Waals surface area (Å²) in [4.78, 5) is 16.9. The van der Waals surface area contributed by atoms with Gasteiger partial charge in [-0.25, -0.2) is 0 Å². The molecule has 2 aromatic rings. The maximum atomic E-state index is 11.8. The largest absolute Gasteiger partial charge is 0.493 e. The van der Waals surface area contributed by atoms with E-state index in [0.29, 0.717) is 28.8 Å². The van der Waals surface area contributed by atoms with Gasteiger partial charge in [-0.05, 0) is 58.7 Å². The van der Waals surface area contributed by atoms with Crippen LogP contribution < -0.4 is 14.8 Å². The van der Waals surface area contributed by atoms with Crippen molar-refractivity contribution in [2.45, 2.75) is 13.3 Å². The van der Waals surface area contributed by atoms with Gasteiger partial charge >= 0.3 is 0 Å². The molecule has 0 aliphatic carbocycles. The number of rotatable bonds is 9. The number of methoxy groups -OCH3 is 1. The van der Waals surface area contributed by atoms with Crippen molar-refractivity contribution in [3.05, 3.63) is 51.5 Å². The lowest BCUT2D eigenvalue weighted by molar-refractivity contribution is -0.120. The fourth-order valence-electron chi connectivity index (χ4n) is 2.08. The van der Waals surface area contributed by atoms with E-state index in [1.54, 1.807) is 37.4 Å². The number of halogens is 2. The van der Waals surface area contributed by atoms with Crippen LogP contribution in [0.25, 0.3) is 0 Å². The molecule has 27 heavy (non-hydrogen) atoms. The molecule has 0 atom stereocenters. The monoisotopic (exact) mass is 454 g/mol. The van der Waals surface area contributed by atoms with Gasteiger partial charge in [0.15, 0.2) is 18.1 Å². The predicted octanol–water partition coefficient (Wildman–Crippen LogP) is 4.89. The number of oxime groups is 1. The van der Waals surface area contributed by atoms with Crippen molar-refractivity contribution in [3.63, 3.8) is 0 Å². The van der Waals surface area contributed by atoms with Gasteiger partial charge in [-0.1, -0.05) is 23.7 Å². The van der Waals surface area contributed by atoms with Crippen molar-refractivity contribution in [2.75, 3.05) is 25.6 Å². The molecule has 1 amide bonds. The minimum Gasteiger partial charge on any atom is -0.493 e. The third kappa shape index (κ3) is 6.77. The molecule has 0 aliphatic heterocycles. The smallest absolute Gasteiger partial charge is 0.265 e. The predicted molar refractivity (Wildman–Crippen MR) is 110 cm³/mol. The fourth-order valence-corrected chi connectivity index (χ4v) is 2.78. The Bertz CT molecular complexity index is 797. The molecule has 0 bridgehead atoms. The van der Waals surface area contributed by atoms with Crippen LogP contribution in [0.5, 0.6) is 11.5 Å². The number of ether oxygens (including phenoxy) is 2. The third-order valence-corrected chi connectivity index (χ3v) is 4.14. The summed E-state index contributed by atoms with van der Waals surface area (Å²) in [7, 11) is 1.57. The van der Waals surface area contributed by atoms with E-state index in [1.165, 1.54) is 6.21 Å². The number of hydrogen-bond donors (Lipinski definition) is 1. The maximum Gasteiger partial charge on any atom is 0.265 e. The van der Waals surface area contributed by atoms with Crippen LogP contribution in [-0.4, -0.2) is 32.4 Å². The molecule has 0 saturated heterocycles. The standard InChI is InChI=1S/C19H20BrClN2O4/c1-3-8-26-19-16(20)9-13(10-17(19)25-2)11-22-27-12-18(24)23-15-6-4-14(21)5-7-15/h4-7,9-11H,3,8,12H2,1-2H3,(H,23,24)/b22-11+. The molecular formula is C19H20BrClN2O4. The Morgan fingerprint density at radius 1 is 1.30 bits per heavy atom. The summed E-state index contributed by atoms with van der Waals surface area (Å²) in [6.07, 6.45) is 2.39. The highest BCUT2D eigenvalue weighted by Gasteiger charge is 2.11. The van der Waals surface area contributed by atoms with Crippen molar-refractivity contribution < 1.29 is 19.1 Å². The van der Waals surface area contributed by atoms with E-state index >= 15 is 0 Å². The summed E-state index contributed by atoms with van der Waals surface area (Å²) in [5, 5.41) is 7.10. The van der Waals surface area contributed by atoms with Crippen LogP contribution in [0.15, 0.2) is 46.0 Å². The summed E-state index contributed by atoms with van der Waals surface area (Å²) in [6.45, 7) is 2.41. The van der Waals surface area contributed by atoms with E-state index in [2.05, 4.69) is 26.4 Å². The molecule has 1 N–H and O–H groups in total. The first-order valence-corrected chi connectivity index (χ1v) is 9.41. The highest BCUT2D eigenvalue weighted by Crippen LogP contribution is 2.36. The SMILES string of the molecule is CCCOc1c(Br)cc(/C=N/OCC(=O)Nc2ccc(Cl)cc2)cc1OC. The Morgan fingerprint density at radius 2 is 2.04 bits per heavy atom. The Kier molecular flexibility index (Phi) is 8.42. The number of nitrogens with zero attached hydrogens (tertiary/aromatic N) is 1. The number of anilines is 1. The van der Waals surface area contributed by atoms with Gasteiger partial charge in [0.2, 0.25) is 0 Å². The summed E-state index contributed by atoms with van der Waals surface area (Å²) >= 11 is 9.26. The van der Waals surface area contributed by atoms with Crippen molar-refractivity contribution >= 4 is 45.3 Å². The molecule has 0 spiro atoms. The number of benzene rings is 2. The van der Waals surface area contributed by atoms with Crippen molar-refractivity contribution in [1.29, 1.82) is 0 Å². The maximum absolute atomic E-state index is 11.8. The molecule has 6 nitrogen and oxygen atoms in total. The molecule has 0 unspecified atom stereocenters. The van der Waals surface area contributed by atoms with E-state index in [0.717, 1.165) is 16.5 Å². The van der Waals surface area contributed by atoms with E-state index in [4.69, 9.17) is 25.9 Å². The van der Waals surface area contributed by atoms with E-state index in [9.17, 15) is 4.79 Å². The first kappa shape index (κ1) is 21.1. The molecule has 0 heterocycles. The van der Waals surface area contributed by atoms with Crippen molar-refractivity contribution in [1.82, 2.24) is 0 Å².